The molecule has 0 atom stereocenters. The molecular formula is C25H25ClN4O2. The van der Waals surface area contributed by atoms with Crippen molar-refractivity contribution < 1.29 is 9.90 Å². The zero-order valence-electron chi connectivity index (χ0n) is 17.9. The summed E-state index contributed by atoms with van der Waals surface area (Å²) in [6.07, 6.45) is 5.83. The van der Waals surface area contributed by atoms with E-state index in [1.54, 1.807) is 12.3 Å². The number of nitrogens with one attached hydrogen (secondary N) is 1. The van der Waals surface area contributed by atoms with Crippen LogP contribution in [0.25, 0.3) is 11.1 Å². The lowest BCUT2D eigenvalue weighted by molar-refractivity contribution is -0.117. The molecule has 5 rings (SSSR count). The smallest absolute Gasteiger partial charge is 0.231 e. The minimum Gasteiger partial charge on any atom is -0.393 e. The molecule has 1 aliphatic carbocycles. The number of aromatic nitrogens is 2. The van der Waals surface area contributed by atoms with Crippen LogP contribution in [0.15, 0.2) is 48.8 Å². The summed E-state index contributed by atoms with van der Waals surface area (Å²) in [5.74, 6) is 0.857. The number of halogens is 1. The molecule has 1 amide bonds. The van der Waals surface area contributed by atoms with Crippen molar-refractivity contribution in [2.45, 2.75) is 44.8 Å². The Balaban J connectivity index is 1.37. The highest BCUT2D eigenvalue weighted by atomic mass is 35.5. The fourth-order valence-electron chi connectivity index (χ4n) is 4.60. The zero-order valence-corrected chi connectivity index (χ0v) is 18.6. The third-order valence-electron chi connectivity index (χ3n) is 6.29. The number of carbonyl (C=O) groups is 1. The van der Waals surface area contributed by atoms with Gasteiger partial charge in [-0.3, -0.25) is 4.79 Å². The Labute approximate surface area is 192 Å². The van der Waals surface area contributed by atoms with Gasteiger partial charge in [-0.25, -0.2) is 9.97 Å². The lowest BCUT2D eigenvalue weighted by Gasteiger charge is -2.32. The molecule has 164 valence electrons. The molecule has 3 aromatic rings. The van der Waals surface area contributed by atoms with Crippen molar-refractivity contribution in [3.05, 3.63) is 70.6 Å². The van der Waals surface area contributed by atoms with E-state index in [2.05, 4.69) is 34.3 Å². The van der Waals surface area contributed by atoms with Crippen LogP contribution in [0, 0.1) is 6.92 Å². The molecule has 2 N–H and O–H groups in total. The lowest BCUT2D eigenvalue weighted by Crippen LogP contribution is -2.39. The quantitative estimate of drug-likeness (QED) is 0.573. The second-order valence-electron chi connectivity index (χ2n) is 8.62. The van der Waals surface area contributed by atoms with Gasteiger partial charge in [-0.1, -0.05) is 17.7 Å². The summed E-state index contributed by atoms with van der Waals surface area (Å²) in [4.78, 5) is 23.4. The summed E-state index contributed by atoms with van der Waals surface area (Å²) < 4.78 is 0. The lowest BCUT2D eigenvalue weighted by atomic mass is 9.89. The van der Waals surface area contributed by atoms with Gasteiger partial charge in [0.15, 0.2) is 0 Å². The first kappa shape index (κ1) is 20.9. The third kappa shape index (κ3) is 4.08. The zero-order chi connectivity index (χ0) is 22.2. The van der Waals surface area contributed by atoms with Gasteiger partial charge >= 0.3 is 0 Å². The molecule has 1 fully saturated rings. The van der Waals surface area contributed by atoms with Gasteiger partial charge in [0, 0.05) is 30.7 Å². The number of amides is 1. The number of fused-ring (bicyclic) bond motifs is 1. The first-order chi connectivity index (χ1) is 15.5. The number of aliphatic hydroxyl groups excluding tert-OH is 1. The number of nitrogens with zero attached hydrogens (tertiary/aromatic N) is 3. The monoisotopic (exact) mass is 448 g/mol. The van der Waals surface area contributed by atoms with Crippen LogP contribution in [0.3, 0.4) is 0 Å². The molecule has 0 radical (unpaired) electrons. The molecule has 1 saturated carbocycles. The van der Waals surface area contributed by atoms with Crippen molar-refractivity contribution in [3.63, 3.8) is 0 Å². The van der Waals surface area contributed by atoms with Gasteiger partial charge in [0.2, 0.25) is 5.91 Å². The SMILES string of the molecule is Cc1cc(-c2ccnc(NC3CC(O)C3)c2)cc2c1N(C(=O)Cc1cccnc1Cl)CC2. The van der Waals surface area contributed by atoms with Crippen LogP contribution in [0.2, 0.25) is 5.15 Å². The molecule has 0 unspecified atom stereocenters. The predicted octanol–water partition coefficient (Wildman–Crippen LogP) is 4.17. The maximum absolute atomic E-state index is 13.0. The molecule has 1 aliphatic heterocycles. The van der Waals surface area contributed by atoms with Crippen molar-refractivity contribution in [2.75, 3.05) is 16.8 Å². The Kier molecular flexibility index (Phi) is 5.57. The van der Waals surface area contributed by atoms with Crippen LogP contribution in [0.5, 0.6) is 0 Å². The number of carbonyl (C=O) groups excluding carboxylic acids is 1. The van der Waals surface area contributed by atoms with Gasteiger partial charge in [-0.15, -0.1) is 0 Å². The summed E-state index contributed by atoms with van der Waals surface area (Å²) in [6.45, 7) is 2.73. The molecule has 2 aromatic heterocycles. The van der Waals surface area contributed by atoms with Crippen molar-refractivity contribution in [2.24, 2.45) is 0 Å². The predicted molar refractivity (Wildman–Crippen MR) is 126 cm³/mol. The highest BCUT2D eigenvalue weighted by Gasteiger charge is 2.28. The standard InChI is InChI=1S/C25H25ClN4O2/c1-15-9-19(16-4-7-27-22(11-16)29-20-13-21(31)14-20)10-17-5-8-30(24(15)17)23(32)12-18-3-2-6-28-25(18)26/h2-4,6-7,9-11,20-21,31H,5,8,12-14H2,1H3,(H,27,29). The summed E-state index contributed by atoms with van der Waals surface area (Å²) in [7, 11) is 0. The molecule has 0 saturated heterocycles. The largest absolute Gasteiger partial charge is 0.393 e. The van der Waals surface area contributed by atoms with E-state index < -0.39 is 0 Å². The third-order valence-corrected chi connectivity index (χ3v) is 6.63. The molecule has 7 heteroatoms. The van der Waals surface area contributed by atoms with Crippen LogP contribution in [-0.4, -0.2) is 39.7 Å². The minimum absolute atomic E-state index is 0.0348. The Morgan fingerprint density at radius 1 is 1.19 bits per heavy atom. The maximum Gasteiger partial charge on any atom is 0.231 e. The van der Waals surface area contributed by atoms with E-state index >= 15 is 0 Å². The Morgan fingerprint density at radius 3 is 2.81 bits per heavy atom. The first-order valence-electron chi connectivity index (χ1n) is 10.9. The van der Waals surface area contributed by atoms with E-state index in [0.29, 0.717) is 11.7 Å². The van der Waals surface area contributed by atoms with E-state index in [1.807, 2.05) is 29.3 Å². The Hall–Kier alpha value is -2.96. The number of hydrogen-bond donors (Lipinski definition) is 2. The van der Waals surface area contributed by atoms with Crippen LogP contribution < -0.4 is 10.2 Å². The van der Waals surface area contributed by atoms with Crippen molar-refractivity contribution >= 4 is 29.0 Å². The number of aliphatic hydroxyl groups is 1. The van der Waals surface area contributed by atoms with E-state index in [4.69, 9.17) is 11.6 Å². The van der Waals surface area contributed by atoms with Gasteiger partial charge in [-0.2, -0.15) is 0 Å². The van der Waals surface area contributed by atoms with Gasteiger partial charge in [0.25, 0.3) is 0 Å². The van der Waals surface area contributed by atoms with Gasteiger partial charge < -0.3 is 15.3 Å². The van der Waals surface area contributed by atoms with Gasteiger partial charge in [0.1, 0.15) is 11.0 Å². The molecule has 0 spiro atoms. The fraction of sp³-hybridized carbons (Fsp3) is 0.320. The average Bonchev–Trinajstić information content (AvgIpc) is 3.19. The van der Waals surface area contributed by atoms with Crippen LogP contribution in [-0.2, 0) is 17.6 Å². The molecule has 1 aromatic carbocycles. The number of aryl methyl sites for hydroxylation is 1. The van der Waals surface area contributed by atoms with Crippen LogP contribution >= 0.6 is 11.6 Å². The molecule has 6 nitrogen and oxygen atoms in total. The summed E-state index contributed by atoms with van der Waals surface area (Å²) in [6, 6.07) is 12.3. The average molecular weight is 449 g/mol. The molecule has 0 bridgehead atoms. The van der Waals surface area contributed by atoms with E-state index in [9.17, 15) is 9.90 Å². The summed E-state index contributed by atoms with van der Waals surface area (Å²) >= 11 is 6.15. The topological polar surface area (TPSA) is 78.4 Å². The fourth-order valence-corrected chi connectivity index (χ4v) is 4.79. The minimum atomic E-state index is -0.199. The first-order valence-corrected chi connectivity index (χ1v) is 11.3. The molecule has 2 aliphatic rings. The Morgan fingerprint density at radius 2 is 2.03 bits per heavy atom. The Bertz CT molecular complexity index is 1180. The van der Waals surface area contributed by atoms with Crippen molar-refractivity contribution in [1.29, 1.82) is 0 Å². The van der Waals surface area contributed by atoms with Crippen molar-refractivity contribution in [1.82, 2.24) is 9.97 Å². The summed E-state index contributed by atoms with van der Waals surface area (Å²) in [5, 5.41) is 13.3. The highest BCUT2D eigenvalue weighted by Crippen LogP contribution is 2.37. The number of rotatable bonds is 5. The van der Waals surface area contributed by atoms with E-state index in [0.717, 1.165) is 53.0 Å². The van der Waals surface area contributed by atoms with Crippen LogP contribution in [0.1, 0.15) is 29.5 Å². The second kappa shape index (κ2) is 8.52. The normalized spacial score (nSPS) is 19.4. The molecule has 32 heavy (non-hydrogen) atoms. The molecule has 3 heterocycles. The molecular weight excluding hydrogens is 424 g/mol. The summed E-state index contributed by atoms with van der Waals surface area (Å²) in [5.41, 5.74) is 6.21. The second-order valence-corrected chi connectivity index (χ2v) is 8.98. The number of pyridine rings is 2. The van der Waals surface area contributed by atoms with Crippen LogP contribution in [0.4, 0.5) is 11.5 Å². The number of hydrogen-bond acceptors (Lipinski definition) is 5. The van der Waals surface area contributed by atoms with Gasteiger partial charge in [0.05, 0.1) is 12.5 Å². The number of benzene rings is 1. The van der Waals surface area contributed by atoms with Crippen molar-refractivity contribution in [3.8, 4) is 11.1 Å². The van der Waals surface area contributed by atoms with Gasteiger partial charge in [-0.05, 0) is 84.3 Å². The number of anilines is 2. The van der Waals surface area contributed by atoms with E-state index in [1.165, 1.54) is 5.56 Å². The maximum atomic E-state index is 13.0. The highest BCUT2D eigenvalue weighted by molar-refractivity contribution is 6.30. The van der Waals surface area contributed by atoms with E-state index in [-0.39, 0.29) is 24.5 Å².